The lowest BCUT2D eigenvalue weighted by Crippen LogP contribution is -2.27. The van der Waals surface area contributed by atoms with Crippen LogP contribution in [0.1, 0.15) is 11.4 Å². The van der Waals surface area contributed by atoms with E-state index >= 15 is 0 Å². The van der Waals surface area contributed by atoms with Gasteiger partial charge in [-0.15, -0.1) is 0 Å². The normalized spacial score (nSPS) is 11.7. The number of rotatable bonds is 7. The van der Waals surface area contributed by atoms with Gasteiger partial charge in [0.05, 0.1) is 15.8 Å². The Morgan fingerprint density at radius 1 is 1.03 bits per heavy atom. The molecule has 0 saturated heterocycles. The molecule has 2 heterocycles. The lowest BCUT2D eigenvalue weighted by atomic mass is 10.2. The average Bonchev–Trinajstić information content (AvgIpc) is 3.15. The summed E-state index contributed by atoms with van der Waals surface area (Å²) in [5.41, 5.74) is 0.100. The average molecular weight is 425 g/mol. The highest BCUT2D eigenvalue weighted by Crippen LogP contribution is 2.14. The number of benzene rings is 2. The van der Waals surface area contributed by atoms with Gasteiger partial charge in [-0.1, -0.05) is 30.3 Å². The molecule has 0 radical (unpaired) electrons. The number of hydrogen-bond acceptors (Lipinski definition) is 5. The highest BCUT2D eigenvalue weighted by atomic mass is 32.2. The predicted molar refractivity (Wildman–Crippen MR) is 112 cm³/mol. The zero-order valence-electron chi connectivity index (χ0n) is 15.8. The van der Waals surface area contributed by atoms with E-state index in [9.17, 15) is 18.0 Å². The molecular formula is C20H19N5O4S. The van der Waals surface area contributed by atoms with E-state index < -0.39 is 21.3 Å². The molecule has 3 N–H and O–H groups in total. The molecule has 0 fully saturated rings. The summed E-state index contributed by atoms with van der Waals surface area (Å²) in [5.74, 6) is 0.758. The van der Waals surface area contributed by atoms with Crippen LogP contribution in [0.3, 0.4) is 0 Å². The van der Waals surface area contributed by atoms with Crippen molar-refractivity contribution in [3.63, 3.8) is 0 Å². The molecule has 4 aromatic rings. The molecular weight excluding hydrogens is 406 g/mol. The van der Waals surface area contributed by atoms with E-state index in [0.717, 1.165) is 11.4 Å². The maximum Gasteiger partial charge on any atom is 0.326 e. The predicted octanol–water partition coefficient (Wildman–Crippen LogP) is 0.982. The molecule has 0 aliphatic carbocycles. The molecule has 0 aliphatic rings. The Morgan fingerprint density at radius 2 is 1.83 bits per heavy atom. The van der Waals surface area contributed by atoms with E-state index in [2.05, 4.69) is 19.7 Å². The molecule has 0 aliphatic heterocycles. The molecule has 0 amide bonds. The fourth-order valence-corrected chi connectivity index (χ4v) is 4.24. The fraction of sp³-hybridized carbons (Fsp3) is 0.150. The Bertz CT molecular complexity index is 1400. The number of aromatic amines is 2. The van der Waals surface area contributed by atoms with Crippen molar-refractivity contribution in [3.05, 3.63) is 93.2 Å². The number of nitrogens with zero attached hydrogens (tertiary/aromatic N) is 2. The van der Waals surface area contributed by atoms with Gasteiger partial charge in [0.25, 0.3) is 5.56 Å². The zero-order chi connectivity index (χ0) is 21.1. The molecule has 10 heteroatoms. The van der Waals surface area contributed by atoms with Crippen LogP contribution in [0.2, 0.25) is 0 Å². The van der Waals surface area contributed by atoms with Gasteiger partial charge in [-0.2, -0.15) is 0 Å². The molecule has 154 valence electrons. The Labute approximate surface area is 171 Å². The summed E-state index contributed by atoms with van der Waals surface area (Å²) in [5, 5.41) is 0.0934. The van der Waals surface area contributed by atoms with Crippen molar-refractivity contribution in [2.45, 2.75) is 17.9 Å². The highest BCUT2D eigenvalue weighted by Gasteiger charge is 2.16. The first-order valence-corrected chi connectivity index (χ1v) is 10.7. The van der Waals surface area contributed by atoms with Crippen molar-refractivity contribution in [3.8, 4) is 0 Å². The third-order valence-electron chi connectivity index (χ3n) is 4.66. The summed E-state index contributed by atoms with van der Waals surface area (Å²) in [6, 6.07) is 13.9. The molecule has 0 atom stereocenters. The van der Waals surface area contributed by atoms with Crippen molar-refractivity contribution < 1.29 is 8.42 Å². The van der Waals surface area contributed by atoms with Crippen LogP contribution in [0.4, 0.5) is 0 Å². The molecule has 30 heavy (non-hydrogen) atoms. The van der Waals surface area contributed by atoms with Gasteiger partial charge in [0, 0.05) is 31.9 Å². The molecule has 0 unspecified atom stereocenters. The van der Waals surface area contributed by atoms with Gasteiger partial charge < -0.3 is 9.55 Å². The summed E-state index contributed by atoms with van der Waals surface area (Å²) >= 11 is 0. The number of imidazole rings is 1. The summed E-state index contributed by atoms with van der Waals surface area (Å²) in [7, 11) is -3.84. The van der Waals surface area contributed by atoms with E-state index in [1.165, 1.54) is 18.2 Å². The summed E-state index contributed by atoms with van der Waals surface area (Å²) in [4.78, 5) is 32.1. The number of H-pyrrole nitrogens is 2. The van der Waals surface area contributed by atoms with Crippen LogP contribution in [-0.2, 0) is 23.0 Å². The second-order valence-corrected chi connectivity index (χ2v) is 8.49. The van der Waals surface area contributed by atoms with Gasteiger partial charge in [0.15, 0.2) is 0 Å². The first-order valence-electron chi connectivity index (χ1n) is 9.22. The zero-order valence-corrected chi connectivity index (χ0v) is 16.6. The minimum atomic E-state index is -3.84. The van der Waals surface area contributed by atoms with Crippen molar-refractivity contribution >= 4 is 20.9 Å². The van der Waals surface area contributed by atoms with Crippen LogP contribution in [0, 0.1) is 0 Å². The molecule has 4 rings (SSSR count). The SMILES string of the molecule is O=c1[nH]c(=O)c2cc(S(=O)(=O)NCCc3nccn3Cc3ccccc3)ccc2[nH]1. The number of sulfonamides is 1. The lowest BCUT2D eigenvalue weighted by molar-refractivity contribution is 0.579. The van der Waals surface area contributed by atoms with Crippen LogP contribution in [0.5, 0.6) is 0 Å². The number of aromatic nitrogens is 4. The van der Waals surface area contributed by atoms with Crippen LogP contribution in [0.15, 0.2) is 75.4 Å². The molecule has 0 bridgehead atoms. The van der Waals surface area contributed by atoms with E-state index in [4.69, 9.17) is 0 Å². The highest BCUT2D eigenvalue weighted by molar-refractivity contribution is 7.89. The maximum absolute atomic E-state index is 12.6. The third kappa shape index (κ3) is 4.24. The topological polar surface area (TPSA) is 130 Å². The third-order valence-corrected chi connectivity index (χ3v) is 6.12. The van der Waals surface area contributed by atoms with E-state index in [0.29, 0.717) is 13.0 Å². The molecule has 0 spiro atoms. The first-order chi connectivity index (χ1) is 14.4. The number of hydrogen-bond donors (Lipinski definition) is 3. The van der Waals surface area contributed by atoms with Gasteiger partial charge in [-0.05, 0) is 23.8 Å². The van der Waals surface area contributed by atoms with Gasteiger partial charge in [-0.25, -0.2) is 22.9 Å². The Hall–Kier alpha value is -3.50. The van der Waals surface area contributed by atoms with Crippen molar-refractivity contribution in [2.75, 3.05) is 6.54 Å². The van der Waals surface area contributed by atoms with E-state index in [-0.39, 0.29) is 22.3 Å². The second-order valence-electron chi connectivity index (χ2n) is 6.72. The van der Waals surface area contributed by atoms with Crippen molar-refractivity contribution in [1.82, 2.24) is 24.2 Å². The molecule has 0 saturated carbocycles. The quantitative estimate of drug-likeness (QED) is 0.406. The summed E-state index contributed by atoms with van der Waals surface area (Å²) in [6.07, 6.45) is 3.94. The minimum Gasteiger partial charge on any atom is -0.330 e. The number of nitrogens with one attached hydrogen (secondary N) is 3. The van der Waals surface area contributed by atoms with Crippen LogP contribution in [0.25, 0.3) is 10.9 Å². The van der Waals surface area contributed by atoms with Crippen molar-refractivity contribution in [2.24, 2.45) is 0 Å². The van der Waals surface area contributed by atoms with Crippen LogP contribution in [-0.4, -0.2) is 34.5 Å². The first kappa shape index (κ1) is 19.8. The largest absolute Gasteiger partial charge is 0.330 e. The smallest absolute Gasteiger partial charge is 0.326 e. The molecule has 9 nitrogen and oxygen atoms in total. The van der Waals surface area contributed by atoms with Gasteiger partial charge in [-0.3, -0.25) is 9.78 Å². The van der Waals surface area contributed by atoms with Crippen molar-refractivity contribution in [1.29, 1.82) is 0 Å². The van der Waals surface area contributed by atoms with E-state index in [1.807, 2.05) is 41.1 Å². The second kappa shape index (κ2) is 8.09. The van der Waals surface area contributed by atoms with Crippen LogP contribution < -0.4 is 16.0 Å². The minimum absolute atomic E-state index is 0.0554. The van der Waals surface area contributed by atoms with Crippen LogP contribution >= 0.6 is 0 Å². The maximum atomic E-state index is 12.6. The standard InChI is InChI=1S/C20H19N5O4S/c26-19-16-12-15(6-7-17(16)23-20(27)24-19)30(28,29)22-9-8-18-21-10-11-25(18)13-14-4-2-1-3-5-14/h1-7,10-12,22H,8-9,13H2,(H2,23,24,26,27). The molecule has 2 aromatic heterocycles. The summed E-state index contributed by atoms with van der Waals surface area (Å²) in [6.45, 7) is 0.794. The fourth-order valence-electron chi connectivity index (χ4n) is 3.18. The molecule has 2 aromatic carbocycles. The monoisotopic (exact) mass is 425 g/mol. The van der Waals surface area contributed by atoms with Gasteiger partial charge in [0.1, 0.15) is 5.82 Å². The Morgan fingerprint density at radius 3 is 2.63 bits per heavy atom. The van der Waals surface area contributed by atoms with E-state index in [1.54, 1.807) is 6.20 Å². The lowest BCUT2D eigenvalue weighted by Gasteiger charge is -2.10. The summed E-state index contributed by atoms with van der Waals surface area (Å²) < 4.78 is 29.8. The van der Waals surface area contributed by atoms with Gasteiger partial charge in [0.2, 0.25) is 10.0 Å². The Balaban J connectivity index is 1.47. The Kier molecular flexibility index (Phi) is 5.34. The number of fused-ring (bicyclic) bond motifs is 1. The van der Waals surface area contributed by atoms with Gasteiger partial charge >= 0.3 is 5.69 Å².